The third kappa shape index (κ3) is 1.65. The van der Waals surface area contributed by atoms with Gasteiger partial charge in [0.2, 0.25) is 0 Å². The van der Waals surface area contributed by atoms with E-state index in [4.69, 9.17) is 17.3 Å². The van der Waals surface area contributed by atoms with Crippen LogP contribution in [0.3, 0.4) is 0 Å². The highest BCUT2D eigenvalue weighted by Crippen LogP contribution is 2.19. The summed E-state index contributed by atoms with van der Waals surface area (Å²) in [7, 11) is 0. The van der Waals surface area contributed by atoms with Gasteiger partial charge < -0.3 is 10.7 Å². The SMILES string of the molecule is NC(=O)c1cc2c(F)[c]c(Cl)cc2c(=O)[nH]1. The molecule has 6 heteroatoms. The third-order valence-electron chi connectivity index (χ3n) is 2.07. The molecule has 0 saturated carbocycles. The van der Waals surface area contributed by atoms with Gasteiger partial charge in [0.25, 0.3) is 11.5 Å². The topological polar surface area (TPSA) is 76.0 Å². The van der Waals surface area contributed by atoms with E-state index in [0.717, 1.165) is 6.07 Å². The van der Waals surface area contributed by atoms with E-state index in [0.29, 0.717) is 0 Å². The van der Waals surface area contributed by atoms with Crippen LogP contribution in [-0.2, 0) is 0 Å². The number of benzene rings is 1. The monoisotopic (exact) mass is 239 g/mol. The number of pyridine rings is 1. The lowest BCUT2D eigenvalue weighted by Gasteiger charge is -2.01. The van der Waals surface area contributed by atoms with Crippen molar-refractivity contribution in [2.24, 2.45) is 5.73 Å². The first kappa shape index (κ1) is 10.6. The molecule has 2 rings (SSSR count). The Kier molecular flexibility index (Phi) is 2.40. The average molecular weight is 240 g/mol. The van der Waals surface area contributed by atoms with Crippen LogP contribution < -0.4 is 11.3 Å². The molecule has 1 aromatic heterocycles. The number of aromatic nitrogens is 1. The van der Waals surface area contributed by atoms with Crippen LogP contribution in [0.15, 0.2) is 16.9 Å². The van der Waals surface area contributed by atoms with E-state index < -0.39 is 17.3 Å². The molecular formula is C10H5ClFN2O2. The van der Waals surface area contributed by atoms with Crippen LogP contribution in [-0.4, -0.2) is 10.9 Å². The van der Waals surface area contributed by atoms with Gasteiger partial charge in [-0.3, -0.25) is 9.59 Å². The molecule has 0 aliphatic carbocycles. The summed E-state index contributed by atoms with van der Waals surface area (Å²) in [6, 6.07) is 4.62. The minimum atomic E-state index is -0.839. The number of rotatable bonds is 1. The van der Waals surface area contributed by atoms with E-state index in [1.54, 1.807) is 0 Å². The summed E-state index contributed by atoms with van der Waals surface area (Å²) in [4.78, 5) is 24.6. The van der Waals surface area contributed by atoms with E-state index >= 15 is 0 Å². The zero-order valence-corrected chi connectivity index (χ0v) is 8.56. The summed E-state index contributed by atoms with van der Waals surface area (Å²) in [6.45, 7) is 0. The number of primary amides is 1. The van der Waals surface area contributed by atoms with Gasteiger partial charge in [-0.15, -0.1) is 0 Å². The molecule has 0 aliphatic rings. The molecule has 81 valence electrons. The zero-order chi connectivity index (χ0) is 11.9. The van der Waals surface area contributed by atoms with Crippen LogP contribution in [0.1, 0.15) is 10.5 Å². The number of hydrogen-bond donors (Lipinski definition) is 2. The molecule has 1 radical (unpaired) electrons. The van der Waals surface area contributed by atoms with Crippen LogP contribution in [0.2, 0.25) is 5.02 Å². The Morgan fingerprint density at radius 3 is 2.75 bits per heavy atom. The molecule has 0 unspecified atom stereocenters. The van der Waals surface area contributed by atoms with Gasteiger partial charge in [-0.2, -0.15) is 0 Å². The number of nitrogens with one attached hydrogen (secondary N) is 1. The van der Waals surface area contributed by atoms with E-state index in [-0.39, 0.29) is 21.5 Å². The van der Waals surface area contributed by atoms with Gasteiger partial charge >= 0.3 is 0 Å². The van der Waals surface area contributed by atoms with Crippen molar-refractivity contribution in [1.82, 2.24) is 4.98 Å². The number of hydrogen-bond acceptors (Lipinski definition) is 2. The van der Waals surface area contributed by atoms with E-state index in [2.05, 4.69) is 11.1 Å². The fourth-order valence-corrected chi connectivity index (χ4v) is 1.55. The van der Waals surface area contributed by atoms with Crippen molar-refractivity contribution < 1.29 is 9.18 Å². The molecule has 2 aromatic rings. The number of nitrogens with two attached hydrogens (primary N) is 1. The van der Waals surface area contributed by atoms with E-state index in [1.165, 1.54) is 6.07 Å². The molecule has 0 aliphatic heterocycles. The molecule has 1 amide bonds. The van der Waals surface area contributed by atoms with Gasteiger partial charge in [0.1, 0.15) is 11.5 Å². The number of H-pyrrole nitrogens is 1. The second kappa shape index (κ2) is 3.61. The number of halogens is 2. The van der Waals surface area contributed by atoms with Crippen LogP contribution in [0.25, 0.3) is 10.8 Å². The number of amides is 1. The predicted octanol–water partition coefficient (Wildman–Crippen LogP) is 1.22. The molecule has 0 bridgehead atoms. The van der Waals surface area contributed by atoms with Gasteiger partial charge in [-0.1, -0.05) is 11.6 Å². The Balaban J connectivity index is 2.93. The summed E-state index contributed by atoms with van der Waals surface area (Å²) >= 11 is 5.56. The highest BCUT2D eigenvalue weighted by atomic mass is 35.5. The Morgan fingerprint density at radius 1 is 1.44 bits per heavy atom. The van der Waals surface area contributed by atoms with Crippen molar-refractivity contribution in [2.45, 2.75) is 0 Å². The number of carbonyl (C=O) groups is 1. The molecule has 0 fully saturated rings. The summed E-state index contributed by atoms with van der Waals surface area (Å²) < 4.78 is 13.4. The highest BCUT2D eigenvalue weighted by Gasteiger charge is 2.10. The maximum Gasteiger partial charge on any atom is 0.265 e. The standard InChI is InChI=1S/C10H5ClFN2O2/c11-4-1-6-5(7(12)2-4)3-8(9(13)15)14-10(6)16/h1,3H,(H2,13,15)(H,14,16). The second-order valence-electron chi connectivity index (χ2n) is 3.13. The second-order valence-corrected chi connectivity index (χ2v) is 3.54. The van der Waals surface area contributed by atoms with Gasteiger partial charge in [0.05, 0.1) is 10.4 Å². The predicted molar refractivity (Wildman–Crippen MR) is 56.9 cm³/mol. The Hall–Kier alpha value is -1.88. The number of fused-ring (bicyclic) bond motifs is 1. The molecule has 4 nitrogen and oxygen atoms in total. The van der Waals surface area contributed by atoms with Gasteiger partial charge in [-0.25, -0.2) is 4.39 Å². The molecule has 0 spiro atoms. The van der Waals surface area contributed by atoms with Crippen LogP contribution in [0, 0.1) is 11.9 Å². The highest BCUT2D eigenvalue weighted by molar-refractivity contribution is 6.31. The third-order valence-corrected chi connectivity index (χ3v) is 2.28. The Labute approximate surface area is 93.8 Å². The summed E-state index contributed by atoms with van der Waals surface area (Å²) in [5, 5.41) is -0.00414. The molecule has 16 heavy (non-hydrogen) atoms. The molecule has 0 atom stereocenters. The molecule has 0 saturated heterocycles. The van der Waals surface area contributed by atoms with Crippen molar-refractivity contribution in [3.05, 3.63) is 45.1 Å². The molecule has 1 aromatic carbocycles. The van der Waals surface area contributed by atoms with E-state index in [1.807, 2.05) is 0 Å². The quantitative estimate of drug-likeness (QED) is 0.785. The van der Waals surface area contributed by atoms with Crippen LogP contribution in [0.5, 0.6) is 0 Å². The lowest BCUT2D eigenvalue weighted by molar-refractivity contribution is 0.0995. The molecule has 3 N–H and O–H groups in total. The fourth-order valence-electron chi connectivity index (χ4n) is 1.36. The number of aromatic amines is 1. The van der Waals surface area contributed by atoms with Crippen LogP contribution >= 0.6 is 11.6 Å². The Morgan fingerprint density at radius 2 is 2.12 bits per heavy atom. The zero-order valence-electron chi connectivity index (χ0n) is 7.80. The van der Waals surface area contributed by atoms with Gasteiger partial charge in [0, 0.05) is 11.5 Å². The number of carbonyl (C=O) groups excluding carboxylic acids is 1. The van der Waals surface area contributed by atoms with E-state index in [9.17, 15) is 14.0 Å². The molecular weight excluding hydrogens is 235 g/mol. The van der Waals surface area contributed by atoms with Gasteiger partial charge in [0.15, 0.2) is 0 Å². The lowest BCUT2D eigenvalue weighted by atomic mass is 10.1. The summed E-state index contributed by atoms with van der Waals surface area (Å²) in [5.74, 6) is -1.63. The van der Waals surface area contributed by atoms with Crippen molar-refractivity contribution in [3.63, 3.8) is 0 Å². The van der Waals surface area contributed by atoms with Crippen molar-refractivity contribution in [2.75, 3.05) is 0 Å². The van der Waals surface area contributed by atoms with Gasteiger partial charge in [-0.05, 0) is 12.1 Å². The summed E-state index contributed by atoms with van der Waals surface area (Å²) in [5.41, 5.74) is 4.20. The molecule has 1 heterocycles. The summed E-state index contributed by atoms with van der Waals surface area (Å²) in [6.07, 6.45) is 0. The minimum absolute atomic E-state index is 0.0117. The minimum Gasteiger partial charge on any atom is -0.364 e. The van der Waals surface area contributed by atoms with Crippen molar-refractivity contribution in [1.29, 1.82) is 0 Å². The van der Waals surface area contributed by atoms with Crippen molar-refractivity contribution >= 4 is 28.3 Å². The maximum atomic E-state index is 13.4. The lowest BCUT2D eigenvalue weighted by Crippen LogP contribution is -2.19. The fraction of sp³-hybridized carbons (Fsp3) is 0. The Bertz CT molecular complexity index is 651. The normalized spacial score (nSPS) is 10.6. The smallest absolute Gasteiger partial charge is 0.265 e. The largest absolute Gasteiger partial charge is 0.364 e. The average Bonchev–Trinajstić information content (AvgIpc) is 2.19. The first-order valence-corrected chi connectivity index (χ1v) is 4.61. The maximum absolute atomic E-state index is 13.4. The first-order valence-electron chi connectivity index (χ1n) is 4.23. The van der Waals surface area contributed by atoms with Crippen LogP contribution in [0.4, 0.5) is 4.39 Å². The van der Waals surface area contributed by atoms with Crippen molar-refractivity contribution in [3.8, 4) is 0 Å². The first-order chi connectivity index (χ1) is 7.49.